The number of hydrogen-bond acceptors (Lipinski definition) is 3. The molecule has 0 rings (SSSR count). The summed E-state index contributed by atoms with van der Waals surface area (Å²) in [4.78, 5) is 19.0. The third-order valence-corrected chi connectivity index (χ3v) is 0.975. The van der Waals surface area contributed by atoms with E-state index in [1.807, 2.05) is 0 Å². The molecule has 14 heavy (non-hydrogen) atoms. The van der Waals surface area contributed by atoms with Crippen molar-refractivity contribution in [1.29, 1.82) is 0 Å². The van der Waals surface area contributed by atoms with E-state index in [1.54, 1.807) is 6.92 Å². The fourth-order valence-electron chi connectivity index (χ4n) is 0.351. The summed E-state index contributed by atoms with van der Waals surface area (Å²) in [6.45, 7) is 2.20. The Kier molecular flexibility index (Phi) is 8.02. The maximum Gasteiger partial charge on any atom is 0.490 e. The van der Waals surface area contributed by atoms with Gasteiger partial charge in [-0.05, 0) is 19.9 Å². The van der Waals surface area contributed by atoms with Crippen molar-refractivity contribution in [2.75, 3.05) is 6.54 Å². The van der Waals surface area contributed by atoms with E-state index in [1.165, 1.54) is 0 Å². The Morgan fingerprint density at radius 2 is 1.71 bits per heavy atom. The van der Waals surface area contributed by atoms with E-state index >= 15 is 0 Å². The Morgan fingerprint density at radius 3 is 1.79 bits per heavy atom. The number of carboxylic acid groups (broad SMARTS) is 1. The molecule has 0 aromatic heterocycles. The number of aliphatic carboxylic acids is 1. The molecule has 0 spiro atoms. The topological polar surface area (TPSA) is 80.4 Å². The molecule has 0 aliphatic heterocycles. The number of carbonyl (C=O) groups is 2. The summed E-state index contributed by atoms with van der Waals surface area (Å²) in [7, 11) is 0. The van der Waals surface area contributed by atoms with Crippen LogP contribution in [0.15, 0.2) is 0 Å². The van der Waals surface area contributed by atoms with Gasteiger partial charge in [0.25, 0.3) is 0 Å². The van der Waals surface area contributed by atoms with Gasteiger partial charge >= 0.3 is 12.1 Å². The molecular formula is C7H12F3NO3. The zero-order valence-corrected chi connectivity index (χ0v) is 7.60. The number of nitrogens with two attached hydrogens (primary N) is 1. The number of hydrogen-bond donors (Lipinski definition) is 2. The molecule has 0 heterocycles. The number of carbonyl (C=O) groups excluding carboxylic acids is 1. The fourth-order valence-corrected chi connectivity index (χ4v) is 0.351. The standard InChI is InChI=1S/C5H11NO.C2HF3O2/c1-5(7)3-2-4-6;3-2(4,5)1(6)7/h2-4,6H2,1H3;(H,6,7). The monoisotopic (exact) mass is 215 g/mol. The van der Waals surface area contributed by atoms with Gasteiger partial charge in [-0.3, -0.25) is 0 Å². The predicted octanol–water partition coefficient (Wildman–Crippen LogP) is 0.948. The quantitative estimate of drug-likeness (QED) is 0.734. The average molecular weight is 215 g/mol. The van der Waals surface area contributed by atoms with Gasteiger partial charge in [0.1, 0.15) is 5.78 Å². The summed E-state index contributed by atoms with van der Waals surface area (Å²) >= 11 is 0. The van der Waals surface area contributed by atoms with Crippen LogP contribution in [0.2, 0.25) is 0 Å². The summed E-state index contributed by atoms with van der Waals surface area (Å²) in [5.74, 6) is -2.53. The number of carboxylic acids is 1. The fraction of sp³-hybridized carbons (Fsp3) is 0.714. The lowest BCUT2D eigenvalue weighted by Crippen LogP contribution is -2.21. The Balaban J connectivity index is 0. The van der Waals surface area contributed by atoms with Crippen LogP contribution in [0.25, 0.3) is 0 Å². The number of rotatable bonds is 3. The normalized spacial score (nSPS) is 10.1. The summed E-state index contributed by atoms with van der Waals surface area (Å²) in [6.07, 6.45) is -3.62. The second-order valence-electron chi connectivity index (χ2n) is 2.40. The number of alkyl halides is 3. The summed E-state index contributed by atoms with van der Waals surface area (Å²) < 4.78 is 31.7. The van der Waals surface area contributed by atoms with Crippen LogP contribution >= 0.6 is 0 Å². The Hall–Kier alpha value is -1.11. The Bertz CT molecular complexity index is 191. The van der Waals surface area contributed by atoms with Crippen molar-refractivity contribution >= 4 is 11.8 Å². The van der Waals surface area contributed by atoms with Gasteiger partial charge in [0.15, 0.2) is 0 Å². The van der Waals surface area contributed by atoms with E-state index < -0.39 is 12.1 Å². The molecule has 0 aliphatic rings. The SMILES string of the molecule is CC(=O)CCCN.O=C(O)C(F)(F)F. The molecule has 84 valence electrons. The molecule has 0 saturated heterocycles. The van der Waals surface area contributed by atoms with Crippen molar-refractivity contribution in [3.63, 3.8) is 0 Å². The van der Waals surface area contributed by atoms with Crippen LogP contribution in [-0.4, -0.2) is 29.6 Å². The van der Waals surface area contributed by atoms with Gasteiger partial charge in [0.05, 0.1) is 0 Å². The largest absolute Gasteiger partial charge is 0.490 e. The molecule has 0 aliphatic carbocycles. The second-order valence-corrected chi connectivity index (χ2v) is 2.40. The molecule has 0 amide bonds. The molecule has 0 atom stereocenters. The molecule has 0 aromatic rings. The number of ketones is 1. The summed E-state index contributed by atoms with van der Waals surface area (Å²) in [5, 5.41) is 7.12. The van der Waals surface area contributed by atoms with Gasteiger partial charge in [0.2, 0.25) is 0 Å². The molecule has 0 unspecified atom stereocenters. The van der Waals surface area contributed by atoms with Crippen LogP contribution in [-0.2, 0) is 9.59 Å². The van der Waals surface area contributed by atoms with Gasteiger partial charge in [-0.2, -0.15) is 13.2 Å². The second kappa shape index (κ2) is 7.31. The van der Waals surface area contributed by atoms with Gasteiger partial charge in [0, 0.05) is 6.42 Å². The maximum atomic E-state index is 10.6. The van der Waals surface area contributed by atoms with E-state index in [0.29, 0.717) is 13.0 Å². The smallest absolute Gasteiger partial charge is 0.475 e. The summed E-state index contributed by atoms with van der Waals surface area (Å²) in [6, 6.07) is 0. The first kappa shape index (κ1) is 15.4. The van der Waals surface area contributed by atoms with Crippen LogP contribution in [0.4, 0.5) is 13.2 Å². The maximum absolute atomic E-state index is 10.6. The molecular weight excluding hydrogens is 203 g/mol. The highest BCUT2D eigenvalue weighted by atomic mass is 19.4. The minimum atomic E-state index is -5.08. The van der Waals surface area contributed by atoms with Crippen molar-refractivity contribution in [3.8, 4) is 0 Å². The van der Waals surface area contributed by atoms with Gasteiger partial charge < -0.3 is 15.6 Å². The Morgan fingerprint density at radius 1 is 1.36 bits per heavy atom. The van der Waals surface area contributed by atoms with Crippen molar-refractivity contribution in [3.05, 3.63) is 0 Å². The molecule has 0 bridgehead atoms. The average Bonchev–Trinajstić information content (AvgIpc) is 2.00. The minimum Gasteiger partial charge on any atom is -0.475 e. The van der Waals surface area contributed by atoms with E-state index in [4.69, 9.17) is 15.6 Å². The third kappa shape index (κ3) is 13.5. The molecule has 0 radical (unpaired) electrons. The zero-order chi connectivity index (χ0) is 11.8. The number of halogens is 3. The highest BCUT2D eigenvalue weighted by Gasteiger charge is 2.38. The van der Waals surface area contributed by atoms with Gasteiger partial charge in [-0.25, -0.2) is 4.79 Å². The molecule has 0 aromatic carbocycles. The first-order valence-corrected chi connectivity index (χ1v) is 3.71. The van der Waals surface area contributed by atoms with Crippen LogP contribution in [0.3, 0.4) is 0 Å². The lowest BCUT2D eigenvalue weighted by atomic mass is 10.2. The van der Waals surface area contributed by atoms with Crippen molar-refractivity contribution in [2.24, 2.45) is 5.73 Å². The lowest BCUT2D eigenvalue weighted by molar-refractivity contribution is -0.192. The Labute approximate surface area is 78.9 Å². The molecule has 0 fully saturated rings. The van der Waals surface area contributed by atoms with Crippen LogP contribution < -0.4 is 5.73 Å². The first-order chi connectivity index (χ1) is 6.21. The highest BCUT2D eigenvalue weighted by Crippen LogP contribution is 2.13. The predicted molar refractivity (Wildman–Crippen MR) is 42.7 cm³/mol. The van der Waals surface area contributed by atoms with E-state index in [-0.39, 0.29) is 5.78 Å². The first-order valence-electron chi connectivity index (χ1n) is 3.71. The zero-order valence-electron chi connectivity index (χ0n) is 7.60. The van der Waals surface area contributed by atoms with Crippen LogP contribution in [0.1, 0.15) is 19.8 Å². The third-order valence-electron chi connectivity index (χ3n) is 0.975. The molecule has 3 N–H and O–H groups in total. The number of Topliss-reactive ketones (excluding diaryl/α,β-unsaturated/α-hetero) is 1. The van der Waals surface area contributed by atoms with E-state index in [9.17, 15) is 18.0 Å². The van der Waals surface area contributed by atoms with Crippen LogP contribution in [0, 0.1) is 0 Å². The van der Waals surface area contributed by atoms with Crippen LogP contribution in [0.5, 0.6) is 0 Å². The molecule has 0 saturated carbocycles. The van der Waals surface area contributed by atoms with Gasteiger partial charge in [-0.15, -0.1) is 0 Å². The van der Waals surface area contributed by atoms with E-state index in [0.717, 1.165) is 6.42 Å². The van der Waals surface area contributed by atoms with Gasteiger partial charge in [-0.1, -0.05) is 0 Å². The van der Waals surface area contributed by atoms with Crippen molar-refractivity contribution in [2.45, 2.75) is 25.9 Å². The molecule has 4 nitrogen and oxygen atoms in total. The highest BCUT2D eigenvalue weighted by molar-refractivity contribution is 5.75. The van der Waals surface area contributed by atoms with E-state index in [2.05, 4.69) is 0 Å². The minimum absolute atomic E-state index is 0.227. The lowest BCUT2D eigenvalue weighted by Gasteiger charge is -1.93. The van der Waals surface area contributed by atoms with Crippen molar-refractivity contribution < 1.29 is 27.9 Å². The summed E-state index contributed by atoms with van der Waals surface area (Å²) in [5.41, 5.74) is 5.12. The van der Waals surface area contributed by atoms with Crippen molar-refractivity contribution in [1.82, 2.24) is 0 Å². The molecule has 7 heteroatoms.